The minimum Gasteiger partial charge on any atom is -0.494 e. The number of hydrogen-bond acceptors (Lipinski definition) is 4. The average Bonchev–Trinajstić information content (AvgIpc) is 2.70. The number of benzene rings is 1. The maximum Gasteiger partial charge on any atom is 0.151 e. The van der Waals surface area contributed by atoms with Gasteiger partial charge in [-0.2, -0.15) is 4.68 Å². The molecule has 0 saturated carbocycles. The number of hydrogen-bond donors (Lipinski definition) is 1. The molecule has 0 aliphatic carbocycles. The summed E-state index contributed by atoms with van der Waals surface area (Å²) >= 11 is 0. The largest absolute Gasteiger partial charge is 0.494 e. The number of ether oxygens (including phenoxy) is 1. The van der Waals surface area contributed by atoms with Crippen LogP contribution in [0.5, 0.6) is 5.75 Å². The molecule has 2 aromatic rings. The Labute approximate surface area is 93.8 Å². The van der Waals surface area contributed by atoms with Crippen molar-refractivity contribution in [2.24, 2.45) is 0 Å². The van der Waals surface area contributed by atoms with Gasteiger partial charge >= 0.3 is 0 Å². The van der Waals surface area contributed by atoms with Gasteiger partial charge in [0.05, 0.1) is 7.11 Å². The predicted octanol–water partition coefficient (Wildman–Crippen LogP) is 1.42. The van der Waals surface area contributed by atoms with Crippen LogP contribution in [0.4, 0.5) is 5.82 Å². The topological polar surface area (TPSA) is 66.0 Å². The first-order valence-corrected chi connectivity index (χ1v) is 5.11. The Morgan fingerprint density at radius 3 is 2.75 bits per heavy atom. The summed E-state index contributed by atoms with van der Waals surface area (Å²) in [5.41, 5.74) is 7.55. The van der Waals surface area contributed by atoms with Crippen molar-refractivity contribution in [1.29, 1.82) is 0 Å². The Balaban J connectivity index is 2.54. The van der Waals surface area contributed by atoms with Crippen molar-refractivity contribution in [3.63, 3.8) is 0 Å². The van der Waals surface area contributed by atoms with E-state index in [1.807, 2.05) is 31.2 Å². The lowest BCUT2D eigenvalue weighted by molar-refractivity contribution is 0.411. The summed E-state index contributed by atoms with van der Waals surface area (Å²) in [4.78, 5) is 0. The van der Waals surface area contributed by atoms with E-state index < -0.39 is 0 Å². The summed E-state index contributed by atoms with van der Waals surface area (Å²) in [5, 5.41) is 8.05. The van der Waals surface area contributed by atoms with E-state index in [2.05, 4.69) is 10.3 Å². The number of rotatable bonds is 3. The molecule has 1 aromatic heterocycles. The molecule has 16 heavy (non-hydrogen) atoms. The van der Waals surface area contributed by atoms with E-state index in [1.54, 1.807) is 11.8 Å². The first kappa shape index (κ1) is 10.5. The monoisotopic (exact) mass is 218 g/mol. The van der Waals surface area contributed by atoms with E-state index in [-0.39, 0.29) is 0 Å². The average molecular weight is 218 g/mol. The molecule has 2 rings (SSSR count). The van der Waals surface area contributed by atoms with Gasteiger partial charge in [-0.25, -0.2) is 0 Å². The van der Waals surface area contributed by atoms with Gasteiger partial charge in [0, 0.05) is 0 Å². The fourth-order valence-electron chi connectivity index (χ4n) is 1.55. The molecular weight excluding hydrogens is 204 g/mol. The predicted molar refractivity (Wildman–Crippen MR) is 61.7 cm³/mol. The number of para-hydroxylation sites is 2. The third kappa shape index (κ3) is 1.60. The first-order valence-electron chi connectivity index (χ1n) is 5.11. The smallest absolute Gasteiger partial charge is 0.151 e. The van der Waals surface area contributed by atoms with Crippen molar-refractivity contribution < 1.29 is 4.74 Å². The molecule has 0 spiro atoms. The van der Waals surface area contributed by atoms with Crippen LogP contribution in [0.25, 0.3) is 5.69 Å². The van der Waals surface area contributed by atoms with Gasteiger partial charge in [-0.05, 0) is 18.6 Å². The molecular formula is C11H14N4O. The minimum absolute atomic E-state index is 0.562. The van der Waals surface area contributed by atoms with E-state index in [4.69, 9.17) is 10.5 Å². The molecule has 2 N–H and O–H groups in total. The van der Waals surface area contributed by atoms with Crippen LogP contribution in [-0.4, -0.2) is 22.1 Å². The maximum atomic E-state index is 5.95. The Bertz CT molecular complexity index is 492. The van der Waals surface area contributed by atoms with E-state index in [1.165, 1.54) is 0 Å². The van der Waals surface area contributed by atoms with Gasteiger partial charge < -0.3 is 10.5 Å². The summed E-state index contributed by atoms with van der Waals surface area (Å²) in [6, 6.07) is 7.56. The molecule has 0 atom stereocenters. The zero-order valence-corrected chi connectivity index (χ0v) is 9.34. The Morgan fingerprint density at radius 1 is 1.38 bits per heavy atom. The van der Waals surface area contributed by atoms with Gasteiger partial charge in [0.25, 0.3) is 0 Å². The van der Waals surface area contributed by atoms with Gasteiger partial charge in [-0.15, -0.1) is 5.10 Å². The van der Waals surface area contributed by atoms with Crippen LogP contribution in [0, 0.1) is 0 Å². The normalized spacial score (nSPS) is 10.4. The summed E-state index contributed by atoms with van der Waals surface area (Å²) in [5.74, 6) is 1.29. The summed E-state index contributed by atoms with van der Waals surface area (Å²) in [7, 11) is 1.62. The molecule has 0 radical (unpaired) electrons. The van der Waals surface area contributed by atoms with Crippen LogP contribution in [0.15, 0.2) is 24.3 Å². The molecule has 0 fully saturated rings. The second-order valence-electron chi connectivity index (χ2n) is 3.36. The summed E-state index contributed by atoms with van der Waals surface area (Å²) in [6.45, 7) is 1.99. The molecule has 0 aliphatic heterocycles. The highest BCUT2D eigenvalue weighted by atomic mass is 16.5. The number of methoxy groups -OCH3 is 1. The molecule has 0 bridgehead atoms. The van der Waals surface area contributed by atoms with Crippen LogP contribution in [0.1, 0.15) is 12.6 Å². The van der Waals surface area contributed by atoms with Crippen LogP contribution in [0.3, 0.4) is 0 Å². The standard InChI is InChI=1S/C11H14N4O/c1-3-8-11(12)15(14-13-8)9-6-4-5-7-10(9)16-2/h4-7H,3,12H2,1-2H3. The number of aromatic nitrogens is 3. The Hall–Kier alpha value is -2.04. The van der Waals surface area contributed by atoms with E-state index >= 15 is 0 Å². The van der Waals surface area contributed by atoms with Gasteiger partial charge in [-0.1, -0.05) is 24.3 Å². The fourth-order valence-corrected chi connectivity index (χ4v) is 1.55. The van der Waals surface area contributed by atoms with E-state index in [0.29, 0.717) is 5.82 Å². The quantitative estimate of drug-likeness (QED) is 0.846. The molecule has 0 amide bonds. The second-order valence-corrected chi connectivity index (χ2v) is 3.36. The SMILES string of the molecule is CCc1nnn(-c2ccccc2OC)c1N. The van der Waals surface area contributed by atoms with Crippen LogP contribution in [0.2, 0.25) is 0 Å². The zero-order chi connectivity index (χ0) is 11.5. The molecule has 1 heterocycles. The molecule has 84 valence electrons. The second kappa shape index (κ2) is 4.22. The molecule has 0 unspecified atom stereocenters. The van der Waals surface area contributed by atoms with Crippen molar-refractivity contribution >= 4 is 5.82 Å². The lowest BCUT2D eigenvalue weighted by Crippen LogP contribution is -2.04. The molecule has 0 saturated heterocycles. The van der Waals surface area contributed by atoms with Gasteiger partial charge in [-0.3, -0.25) is 0 Å². The van der Waals surface area contributed by atoms with Gasteiger partial charge in [0.1, 0.15) is 17.1 Å². The Morgan fingerprint density at radius 2 is 2.12 bits per heavy atom. The number of nitrogen functional groups attached to an aromatic ring is 1. The minimum atomic E-state index is 0.562. The third-order valence-electron chi connectivity index (χ3n) is 2.43. The molecule has 1 aromatic carbocycles. The van der Waals surface area contributed by atoms with Crippen molar-refractivity contribution in [2.75, 3.05) is 12.8 Å². The number of aryl methyl sites for hydroxylation is 1. The third-order valence-corrected chi connectivity index (χ3v) is 2.43. The fraction of sp³-hybridized carbons (Fsp3) is 0.273. The van der Waals surface area contributed by atoms with Crippen molar-refractivity contribution in [3.05, 3.63) is 30.0 Å². The lowest BCUT2D eigenvalue weighted by Gasteiger charge is -2.08. The number of anilines is 1. The van der Waals surface area contributed by atoms with Gasteiger partial charge in [0.15, 0.2) is 5.82 Å². The van der Waals surface area contributed by atoms with Crippen molar-refractivity contribution in [2.45, 2.75) is 13.3 Å². The van der Waals surface area contributed by atoms with Gasteiger partial charge in [0.2, 0.25) is 0 Å². The summed E-state index contributed by atoms with van der Waals surface area (Å²) in [6.07, 6.45) is 0.765. The Kier molecular flexibility index (Phi) is 2.76. The highest BCUT2D eigenvalue weighted by Gasteiger charge is 2.12. The van der Waals surface area contributed by atoms with Crippen LogP contribution < -0.4 is 10.5 Å². The van der Waals surface area contributed by atoms with Crippen molar-refractivity contribution in [3.8, 4) is 11.4 Å². The van der Waals surface area contributed by atoms with Crippen molar-refractivity contribution in [1.82, 2.24) is 15.0 Å². The molecule has 5 nitrogen and oxygen atoms in total. The number of nitrogens with zero attached hydrogens (tertiary/aromatic N) is 3. The maximum absolute atomic E-state index is 5.95. The first-order chi connectivity index (χ1) is 7.77. The zero-order valence-electron chi connectivity index (χ0n) is 9.34. The van der Waals surface area contributed by atoms with E-state index in [9.17, 15) is 0 Å². The molecule has 5 heteroatoms. The highest BCUT2D eigenvalue weighted by Crippen LogP contribution is 2.24. The summed E-state index contributed by atoms with van der Waals surface area (Å²) < 4.78 is 6.85. The van der Waals surface area contributed by atoms with E-state index in [0.717, 1.165) is 23.6 Å². The number of nitrogens with two attached hydrogens (primary N) is 1. The lowest BCUT2D eigenvalue weighted by atomic mass is 10.3. The van der Waals surface area contributed by atoms with Crippen LogP contribution in [-0.2, 0) is 6.42 Å². The molecule has 0 aliphatic rings. The highest BCUT2D eigenvalue weighted by molar-refractivity contribution is 5.51. The van der Waals surface area contributed by atoms with Crippen LogP contribution >= 0.6 is 0 Å².